The van der Waals surface area contributed by atoms with Crippen LogP contribution in [0.3, 0.4) is 0 Å². The summed E-state index contributed by atoms with van der Waals surface area (Å²) in [5, 5.41) is 2.86. The number of hydrogen-bond acceptors (Lipinski definition) is 8. The van der Waals surface area contributed by atoms with Crippen LogP contribution in [0.2, 0.25) is 0 Å². The molecule has 2 aliphatic heterocycles. The average Bonchev–Trinajstić information content (AvgIpc) is 2.89. The van der Waals surface area contributed by atoms with Gasteiger partial charge in [0.25, 0.3) is 0 Å². The van der Waals surface area contributed by atoms with Crippen molar-refractivity contribution in [2.45, 2.75) is 13.0 Å². The van der Waals surface area contributed by atoms with E-state index in [0.717, 1.165) is 48.8 Å². The smallest absolute Gasteiger partial charge is 0.321 e. The van der Waals surface area contributed by atoms with E-state index in [1.165, 1.54) is 10.5 Å². The molecule has 10 nitrogen and oxygen atoms in total. The van der Waals surface area contributed by atoms with Gasteiger partial charge < -0.3 is 24.8 Å². The highest BCUT2D eigenvalue weighted by Gasteiger charge is 2.27. The first kappa shape index (κ1) is 22.0. The summed E-state index contributed by atoms with van der Waals surface area (Å²) < 4.78 is 5.57. The third kappa shape index (κ3) is 4.62. The van der Waals surface area contributed by atoms with Gasteiger partial charge in [-0.15, -0.1) is 0 Å². The number of benzene rings is 1. The fourth-order valence-electron chi connectivity index (χ4n) is 4.14. The Balaban J connectivity index is 1.48. The first-order chi connectivity index (χ1) is 16.6. The molecular formula is C24H28N8O2. The zero-order valence-electron chi connectivity index (χ0n) is 19.4. The van der Waals surface area contributed by atoms with Gasteiger partial charge in [0.1, 0.15) is 5.82 Å². The quantitative estimate of drug-likeness (QED) is 0.634. The van der Waals surface area contributed by atoms with Crippen LogP contribution in [0, 0.1) is 0 Å². The molecule has 1 N–H and O–H groups in total. The number of morpholine rings is 1. The minimum absolute atomic E-state index is 0.171. The van der Waals surface area contributed by atoms with Gasteiger partial charge in [-0.25, -0.2) is 24.7 Å². The molecule has 0 spiro atoms. The number of nitrogens with one attached hydrogen (secondary N) is 1. The highest BCUT2D eigenvalue weighted by molar-refractivity contribution is 5.89. The van der Waals surface area contributed by atoms with Crippen molar-refractivity contribution < 1.29 is 9.53 Å². The van der Waals surface area contributed by atoms with Crippen LogP contribution in [-0.4, -0.2) is 77.8 Å². The van der Waals surface area contributed by atoms with E-state index in [1.807, 2.05) is 30.3 Å². The number of carbonyl (C=O) groups excluding carboxylic acids is 1. The number of anilines is 3. The van der Waals surface area contributed by atoms with Crippen LogP contribution in [0.4, 0.5) is 22.2 Å². The molecule has 1 saturated heterocycles. The number of nitrogens with zero attached hydrogens (tertiary/aromatic N) is 7. The highest BCUT2D eigenvalue weighted by Crippen LogP contribution is 2.31. The van der Waals surface area contributed by atoms with Gasteiger partial charge in [0.05, 0.1) is 25.5 Å². The van der Waals surface area contributed by atoms with E-state index in [-0.39, 0.29) is 6.03 Å². The third-order valence-corrected chi connectivity index (χ3v) is 5.99. The molecule has 0 radical (unpaired) electrons. The van der Waals surface area contributed by atoms with Crippen LogP contribution in [0.25, 0.3) is 11.4 Å². The van der Waals surface area contributed by atoms with Gasteiger partial charge in [0.15, 0.2) is 5.82 Å². The third-order valence-electron chi connectivity index (χ3n) is 5.99. The summed E-state index contributed by atoms with van der Waals surface area (Å²) in [5.74, 6) is 2.37. The lowest BCUT2D eigenvalue weighted by Crippen LogP contribution is -2.39. The van der Waals surface area contributed by atoms with Gasteiger partial charge in [-0.2, -0.15) is 0 Å². The van der Waals surface area contributed by atoms with Crippen molar-refractivity contribution in [1.82, 2.24) is 24.8 Å². The molecule has 1 fully saturated rings. The second kappa shape index (κ2) is 9.60. The second-order valence-corrected chi connectivity index (χ2v) is 8.52. The molecule has 3 aromatic rings. The van der Waals surface area contributed by atoms with Crippen LogP contribution in [-0.2, 0) is 17.7 Å². The van der Waals surface area contributed by atoms with Crippen LogP contribution in [0.15, 0.2) is 42.7 Å². The van der Waals surface area contributed by atoms with Crippen LogP contribution >= 0.6 is 0 Å². The molecule has 0 saturated carbocycles. The van der Waals surface area contributed by atoms with Crippen LogP contribution < -0.4 is 15.1 Å². The SMILES string of the molecule is CN(C)C(=O)Nc1ccc(-c2nc3c(c(N4CCOCC4)n2)CCN(c2ncccn2)C3)cc1. The van der Waals surface area contributed by atoms with Crippen molar-refractivity contribution in [3.8, 4) is 11.4 Å². The van der Waals surface area contributed by atoms with E-state index in [4.69, 9.17) is 14.7 Å². The first-order valence-electron chi connectivity index (χ1n) is 11.4. The Morgan fingerprint density at radius 3 is 2.44 bits per heavy atom. The lowest BCUT2D eigenvalue weighted by Gasteiger charge is -2.34. The number of hydrogen-bond donors (Lipinski definition) is 1. The van der Waals surface area contributed by atoms with Gasteiger partial charge in [-0.05, 0) is 36.8 Å². The minimum Gasteiger partial charge on any atom is -0.378 e. The summed E-state index contributed by atoms with van der Waals surface area (Å²) in [6.07, 6.45) is 4.36. The van der Waals surface area contributed by atoms with Crippen molar-refractivity contribution in [3.05, 3.63) is 54.0 Å². The predicted octanol–water partition coefficient (Wildman–Crippen LogP) is 2.43. The van der Waals surface area contributed by atoms with Gasteiger partial charge in [0, 0.05) is 62.9 Å². The number of aromatic nitrogens is 4. The molecule has 0 unspecified atom stereocenters. The largest absolute Gasteiger partial charge is 0.378 e. The molecule has 5 rings (SSSR count). The standard InChI is InChI=1S/C24H28N8O2/c1-30(2)24(33)27-18-6-4-17(5-7-18)21-28-20-16-32(23-25-9-3-10-26-23)11-8-19(20)22(29-21)31-12-14-34-15-13-31/h3-7,9-10H,8,11-16H2,1-2H3,(H,27,33). The lowest BCUT2D eigenvalue weighted by molar-refractivity contribution is 0.122. The Labute approximate surface area is 198 Å². The number of rotatable bonds is 4. The Morgan fingerprint density at radius 2 is 1.74 bits per heavy atom. The minimum atomic E-state index is -0.171. The lowest BCUT2D eigenvalue weighted by atomic mass is 10.0. The van der Waals surface area contributed by atoms with Gasteiger partial charge in [-0.1, -0.05) is 0 Å². The first-order valence-corrected chi connectivity index (χ1v) is 11.4. The van der Waals surface area contributed by atoms with Crippen molar-refractivity contribution in [2.24, 2.45) is 0 Å². The maximum absolute atomic E-state index is 12.0. The molecule has 0 aliphatic carbocycles. The number of urea groups is 1. The maximum Gasteiger partial charge on any atom is 0.321 e. The summed E-state index contributed by atoms with van der Waals surface area (Å²) in [7, 11) is 3.42. The molecule has 0 atom stereocenters. The van der Waals surface area contributed by atoms with Gasteiger partial charge >= 0.3 is 6.03 Å². The van der Waals surface area contributed by atoms with Crippen LogP contribution in [0.1, 0.15) is 11.3 Å². The van der Waals surface area contributed by atoms with E-state index < -0.39 is 0 Å². The van der Waals surface area contributed by atoms with E-state index >= 15 is 0 Å². The van der Waals surface area contributed by atoms with Crippen molar-refractivity contribution >= 4 is 23.5 Å². The zero-order chi connectivity index (χ0) is 23.5. The topological polar surface area (TPSA) is 99.6 Å². The molecule has 176 valence electrons. The average molecular weight is 461 g/mol. The fraction of sp³-hybridized carbons (Fsp3) is 0.375. The zero-order valence-corrected chi connectivity index (χ0v) is 19.4. The van der Waals surface area contributed by atoms with E-state index in [1.54, 1.807) is 26.5 Å². The molecule has 1 aromatic carbocycles. The van der Waals surface area contributed by atoms with E-state index in [9.17, 15) is 4.79 Å². The summed E-state index contributed by atoms with van der Waals surface area (Å²) in [6.45, 7) is 4.45. The van der Waals surface area contributed by atoms with Crippen molar-refractivity contribution in [1.29, 1.82) is 0 Å². The summed E-state index contributed by atoms with van der Waals surface area (Å²) in [4.78, 5) is 36.7. The van der Waals surface area contributed by atoms with E-state index in [0.29, 0.717) is 31.5 Å². The Morgan fingerprint density at radius 1 is 1.00 bits per heavy atom. The van der Waals surface area contributed by atoms with Gasteiger partial charge in [-0.3, -0.25) is 0 Å². The maximum atomic E-state index is 12.0. The van der Waals surface area contributed by atoms with Crippen molar-refractivity contribution in [3.63, 3.8) is 0 Å². The number of amides is 2. The predicted molar refractivity (Wildman–Crippen MR) is 130 cm³/mol. The van der Waals surface area contributed by atoms with Crippen LogP contribution in [0.5, 0.6) is 0 Å². The Hall–Kier alpha value is -3.79. The Kier molecular flexibility index (Phi) is 6.22. The monoisotopic (exact) mass is 460 g/mol. The summed E-state index contributed by atoms with van der Waals surface area (Å²) in [5.41, 5.74) is 3.80. The normalized spacial score (nSPS) is 15.6. The van der Waals surface area contributed by atoms with Gasteiger partial charge in [0.2, 0.25) is 5.95 Å². The number of carbonyl (C=O) groups is 1. The molecule has 2 aromatic heterocycles. The molecule has 4 heterocycles. The number of ether oxygens (including phenoxy) is 1. The fourth-order valence-corrected chi connectivity index (χ4v) is 4.14. The summed E-state index contributed by atoms with van der Waals surface area (Å²) in [6, 6.07) is 9.28. The molecule has 34 heavy (non-hydrogen) atoms. The second-order valence-electron chi connectivity index (χ2n) is 8.52. The molecule has 10 heteroatoms. The highest BCUT2D eigenvalue weighted by atomic mass is 16.5. The van der Waals surface area contributed by atoms with Crippen molar-refractivity contribution in [2.75, 3.05) is 62.1 Å². The summed E-state index contributed by atoms with van der Waals surface area (Å²) >= 11 is 0. The number of fused-ring (bicyclic) bond motifs is 1. The molecule has 2 amide bonds. The molecule has 0 bridgehead atoms. The Bertz CT molecular complexity index is 1150. The van der Waals surface area contributed by atoms with E-state index in [2.05, 4.69) is 25.1 Å². The molecule has 2 aliphatic rings. The molecular weight excluding hydrogens is 432 g/mol.